The summed E-state index contributed by atoms with van der Waals surface area (Å²) in [5, 5.41) is 0. The van der Waals surface area contributed by atoms with Crippen molar-refractivity contribution in [3.05, 3.63) is 77.4 Å². The Balaban J connectivity index is 1.88. The number of allylic oxidation sites excluding steroid dienone is 8. The Morgan fingerprint density at radius 3 is 2.55 bits per heavy atom. The molecule has 2 atom stereocenters. The second-order valence-corrected chi connectivity index (χ2v) is 5.63. The number of aryl methyl sites for hydroxylation is 1. The molecule has 0 fully saturated rings. The molecule has 0 amide bonds. The van der Waals surface area contributed by atoms with Crippen LogP contribution in [0.5, 0.6) is 0 Å². The molecule has 2 aliphatic rings. The molecule has 0 saturated carbocycles. The standard InChI is InChI=1S/C19H19B/c1-14-10-12-16(13-11-14)18-9-5-8-17(19(18)20)15-6-3-2-4-7-15/h2-3,5-6,8-13,17,19H,4,7H2,1H3. The van der Waals surface area contributed by atoms with Gasteiger partial charge in [0.15, 0.2) is 0 Å². The molecule has 1 aromatic rings. The average molecular weight is 258 g/mol. The highest BCUT2D eigenvalue weighted by Gasteiger charge is 2.24. The minimum absolute atomic E-state index is 0.0560. The monoisotopic (exact) mass is 258 g/mol. The Kier molecular flexibility index (Phi) is 3.78. The van der Waals surface area contributed by atoms with Gasteiger partial charge in [0.2, 0.25) is 0 Å². The van der Waals surface area contributed by atoms with Gasteiger partial charge in [-0.05, 0) is 42.6 Å². The van der Waals surface area contributed by atoms with Gasteiger partial charge in [0.25, 0.3) is 0 Å². The molecule has 1 heteroatoms. The van der Waals surface area contributed by atoms with Crippen LogP contribution < -0.4 is 0 Å². The van der Waals surface area contributed by atoms with Gasteiger partial charge < -0.3 is 0 Å². The predicted octanol–water partition coefficient (Wildman–Crippen LogP) is 4.80. The van der Waals surface area contributed by atoms with Gasteiger partial charge in [-0.3, -0.25) is 0 Å². The van der Waals surface area contributed by atoms with Crippen LogP contribution in [0.4, 0.5) is 0 Å². The number of hydrogen-bond acceptors (Lipinski definition) is 0. The first kappa shape index (κ1) is 13.2. The molecular weight excluding hydrogens is 239 g/mol. The van der Waals surface area contributed by atoms with Gasteiger partial charge in [0.05, 0.1) is 7.85 Å². The van der Waals surface area contributed by atoms with Gasteiger partial charge in [0, 0.05) is 0 Å². The van der Waals surface area contributed by atoms with Gasteiger partial charge in [-0.15, -0.1) is 0 Å². The molecule has 0 aliphatic heterocycles. The third kappa shape index (κ3) is 2.58. The second kappa shape index (κ2) is 5.70. The van der Waals surface area contributed by atoms with Gasteiger partial charge in [-0.2, -0.15) is 0 Å². The van der Waals surface area contributed by atoms with Crippen molar-refractivity contribution in [1.29, 1.82) is 0 Å². The molecule has 3 rings (SSSR count). The van der Waals surface area contributed by atoms with Crippen molar-refractivity contribution in [2.24, 2.45) is 5.92 Å². The first-order chi connectivity index (χ1) is 9.75. The smallest absolute Gasteiger partial charge is 0.0776 e. The molecule has 0 saturated heterocycles. The normalized spacial score (nSPS) is 25.2. The predicted molar refractivity (Wildman–Crippen MR) is 87.7 cm³/mol. The van der Waals surface area contributed by atoms with Crippen molar-refractivity contribution < 1.29 is 0 Å². The fraction of sp³-hybridized carbons (Fsp3) is 0.263. The van der Waals surface area contributed by atoms with E-state index in [4.69, 9.17) is 7.85 Å². The van der Waals surface area contributed by atoms with Crippen LogP contribution in [0.1, 0.15) is 24.0 Å². The molecular formula is C19H19B. The van der Waals surface area contributed by atoms with Crippen LogP contribution >= 0.6 is 0 Å². The minimum atomic E-state index is 0.0560. The molecule has 98 valence electrons. The molecule has 0 N–H and O–H groups in total. The molecule has 0 heterocycles. The van der Waals surface area contributed by atoms with Gasteiger partial charge in [-0.25, -0.2) is 0 Å². The molecule has 2 unspecified atom stereocenters. The fourth-order valence-corrected chi connectivity index (χ4v) is 2.99. The lowest BCUT2D eigenvalue weighted by molar-refractivity contribution is 0.719. The average Bonchev–Trinajstić information content (AvgIpc) is 2.49. The molecule has 1 aromatic carbocycles. The van der Waals surface area contributed by atoms with Crippen LogP contribution in [0.15, 0.2) is 66.3 Å². The summed E-state index contributed by atoms with van der Waals surface area (Å²) in [6.45, 7) is 2.11. The van der Waals surface area contributed by atoms with E-state index in [9.17, 15) is 0 Å². The summed E-state index contributed by atoms with van der Waals surface area (Å²) in [4.78, 5) is 0. The van der Waals surface area contributed by atoms with Crippen LogP contribution in [0.3, 0.4) is 0 Å². The molecule has 0 nitrogen and oxygen atoms in total. The Morgan fingerprint density at radius 1 is 1.05 bits per heavy atom. The highest BCUT2D eigenvalue weighted by Crippen LogP contribution is 2.41. The second-order valence-electron chi connectivity index (χ2n) is 5.63. The van der Waals surface area contributed by atoms with Crippen molar-refractivity contribution in [2.75, 3.05) is 0 Å². The van der Waals surface area contributed by atoms with E-state index in [1.165, 1.54) is 22.3 Å². The molecule has 0 bridgehead atoms. The first-order valence-electron chi connectivity index (χ1n) is 7.32. The van der Waals surface area contributed by atoms with E-state index in [1.54, 1.807) is 0 Å². The zero-order chi connectivity index (χ0) is 13.9. The number of benzene rings is 1. The Morgan fingerprint density at radius 2 is 1.85 bits per heavy atom. The van der Waals surface area contributed by atoms with Crippen molar-refractivity contribution in [3.63, 3.8) is 0 Å². The molecule has 0 aromatic heterocycles. The summed E-state index contributed by atoms with van der Waals surface area (Å²) in [6, 6.07) is 8.65. The highest BCUT2D eigenvalue weighted by molar-refractivity contribution is 6.19. The minimum Gasteiger partial charge on any atom is -0.0842 e. The fourth-order valence-electron chi connectivity index (χ4n) is 2.99. The molecule has 2 aliphatic carbocycles. The molecule has 20 heavy (non-hydrogen) atoms. The lowest BCUT2D eigenvalue weighted by atomic mass is 9.64. The zero-order valence-corrected chi connectivity index (χ0v) is 11.9. The molecule has 2 radical (unpaired) electrons. The summed E-state index contributed by atoms with van der Waals surface area (Å²) in [5.41, 5.74) is 5.22. The summed E-state index contributed by atoms with van der Waals surface area (Å²) in [6.07, 6.45) is 15.4. The van der Waals surface area contributed by atoms with E-state index in [-0.39, 0.29) is 5.82 Å². The van der Waals surface area contributed by atoms with Crippen molar-refractivity contribution in [2.45, 2.75) is 25.6 Å². The summed E-state index contributed by atoms with van der Waals surface area (Å²) in [7, 11) is 6.54. The van der Waals surface area contributed by atoms with Crippen LogP contribution in [0, 0.1) is 12.8 Å². The van der Waals surface area contributed by atoms with Gasteiger partial charge in [0.1, 0.15) is 0 Å². The largest absolute Gasteiger partial charge is 0.0842 e. The van der Waals surface area contributed by atoms with Crippen LogP contribution in [-0.4, -0.2) is 7.85 Å². The van der Waals surface area contributed by atoms with Crippen molar-refractivity contribution in [3.8, 4) is 0 Å². The summed E-state index contributed by atoms with van der Waals surface area (Å²) in [5.74, 6) is 0.390. The van der Waals surface area contributed by atoms with Gasteiger partial charge >= 0.3 is 0 Å². The van der Waals surface area contributed by atoms with E-state index >= 15 is 0 Å². The molecule has 0 spiro atoms. The van der Waals surface area contributed by atoms with Gasteiger partial charge in [-0.1, -0.05) is 71.9 Å². The quantitative estimate of drug-likeness (QED) is 0.668. The summed E-state index contributed by atoms with van der Waals surface area (Å²) < 4.78 is 0. The summed E-state index contributed by atoms with van der Waals surface area (Å²) >= 11 is 0. The van der Waals surface area contributed by atoms with E-state index in [2.05, 4.69) is 67.6 Å². The maximum Gasteiger partial charge on any atom is 0.0776 e. The third-order valence-corrected chi connectivity index (χ3v) is 4.20. The van der Waals surface area contributed by atoms with E-state index in [0.717, 1.165) is 12.8 Å². The van der Waals surface area contributed by atoms with Crippen molar-refractivity contribution >= 4 is 13.4 Å². The van der Waals surface area contributed by atoms with E-state index in [1.807, 2.05) is 0 Å². The number of hydrogen-bond donors (Lipinski definition) is 0. The van der Waals surface area contributed by atoms with Crippen LogP contribution in [0.2, 0.25) is 5.82 Å². The maximum atomic E-state index is 6.54. The lowest BCUT2D eigenvalue weighted by Crippen LogP contribution is -2.15. The Hall–Kier alpha value is -1.76. The van der Waals surface area contributed by atoms with E-state index in [0.29, 0.717) is 5.92 Å². The SMILES string of the molecule is [B]C1C(c2ccc(C)cc2)=CC=CC1C1=CC=CCC1. The highest BCUT2D eigenvalue weighted by atomic mass is 14.3. The first-order valence-corrected chi connectivity index (χ1v) is 7.32. The van der Waals surface area contributed by atoms with Crippen molar-refractivity contribution in [1.82, 2.24) is 0 Å². The van der Waals surface area contributed by atoms with Crippen LogP contribution in [-0.2, 0) is 0 Å². The van der Waals surface area contributed by atoms with E-state index < -0.39 is 0 Å². The zero-order valence-electron chi connectivity index (χ0n) is 11.9. The lowest BCUT2D eigenvalue weighted by Gasteiger charge is -2.30. The topological polar surface area (TPSA) is 0 Å². The maximum absolute atomic E-state index is 6.54. The Labute approximate surface area is 123 Å². The van der Waals surface area contributed by atoms with Crippen LogP contribution in [0.25, 0.3) is 5.57 Å². The number of rotatable bonds is 2. The Bertz CT molecular complexity index is 599. The third-order valence-electron chi connectivity index (χ3n) is 4.20.